The number of rotatable bonds is 7. The summed E-state index contributed by atoms with van der Waals surface area (Å²) in [5.74, 6) is 0.859. The van der Waals surface area contributed by atoms with Crippen molar-refractivity contribution in [3.8, 4) is 5.75 Å². The Morgan fingerprint density at radius 2 is 1.88 bits per heavy atom. The SMILES string of the molecule is C=C(C/C=C(\C)c1ccc(OC)c(NC)c1)Cc1ccc(C)cc1. The van der Waals surface area contributed by atoms with Crippen molar-refractivity contribution < 1.29 is 4.74 Å². The second-order valence-corrected chi connectivity index (χ2v) is 6.17. The van der Waals surface area contributed by atoms with Gasteiger partial charge in [0, 0.05) is 7.05 Å². The minimum absolute atomic E-state index is 0.859. The van der Waals surface area contributed by atoms with E-state index in [1.54, 1.807) is 7.11 Å². The molecule has 2 nitrogen and oxygen atoms in total. The van der Waals surface area contributed by atoms with Gasteiger partial charge in [0.15, 0.2) is 0 Å². The molecule has 2 rings (SSSR count). The third-order valence-electron chi connectivity index (χ3n) is 4.20. The fourth-order valence-electron chi connectivity index (χ4n) is 2.63. The van der Waals surface area contributed by atoms with Crippen LogP contribution in [0.2, 0.25) is 0 Å². The summed E-state index contributed by atoms with van der Waals surface area (Å²) in [6, 6.07) is 14.9. The van der Waals surface area contributed by atoms with Crippen molar-refractivity contribution in [3.05, 3.63) is 77.4 Å². The predicted octanol–water partition coefficient (Wildman–Crippen LogP) is 5.64. The first-order valence-corrected chi connectivity index (χ1v) is 8.28. The summed E-state index contributed by atoms with van der Waals surface area (Å²) in [4.78, 5) is 0. The lowest BCUT2D eigenvalue weighted by atomic mass is 10.00. The molecule has 0 atom stereocenters. The Hall–Kier alpha value is -2.48. The topological polar surface area (TPSA) is 21.3 Å². The van der Waals surface area contributed by atoms with Crippen molar-refractivity contribution in [2.24, 2.45) is 0 Å². The fourth-order valence-corrected chi connectivity index (χ4v) is 2.63. The largest absolute Gasteiger partial charge is 0.495 e. The predicted molar refractivity (Wildman–Crippen MR) is 105 cm³/mol. The van der Waals surface area contributed by atoms with E-state index in [9.17, 15) is 0 Å². The van der Waals surface area contributed by atoms with Crippen molar-refractivity contribution in [2.45, 2.75) is 26.7 Å². The van der Waals surface area contributed by atoms with Crippen LogP contribution in [-0.4, -0.2) is 14.2 Å². The summed E-state index contributed by atoms with van der Waals surface area (Å²) in [5, 5.41) is 3.17. The van der Waals surface area contributed by atoms with Crippen molar-refractivity contribution in [3.63, 3.8) is 0 Å². The molecule has 24 heavy (non-hydrogen) atoms. The zero-order chi connectivity index (χ0) is 17.5. The van der Waals surface area contributed by atoms with Crippen LogP contribution in [0, 0.1) is 6.92 Å². The van der Waals surface area contributed by atoms with E-state index >= 15 is 0 Å². The van der Waals surface area contributed by atoms with Gasteiger partial charge < -0.3 is 10.1 Å². The molecule has 126 valence electrons. The van der Waals surface area contributed by atoms with Crippen LogP contribution in [0.3, 0.4) is 0 Å². The molecule has 0 aromatic heterocycles. The second-order valence-electron chi connectivity index (χ2n) is 6.17. The van der Waals surface area contributed by atoms with Crippen molar-refractivity contribution in [1.82, 2.24) is 0 Å². The first kappa shape index (κ1) is 17.9. The Morgan fingerprint density at radius 3 is 2.50 bits per heavy atom. The Morgan fingerprint density at radius 1 is 1.17 bits per heavy atom. The Labute approximate surface area is 145 Å². The van der Waals surface area contributed by atoms with Gasteiger partial charge in [0.2, 0.25) is 0 Å². The van der Waals surface area contributed by atoms with Crippen LogP contribution in [0.4, 0.5) is 5.69 Å². The monoisotopic (exact) mass is 321 g/mol. The van der Waals surface area contributed by atoms with Gasteiger partial charge in [-0.05, 0) is 55.5 Å². The van der Waals surface area contributed by atoms with Crippen molar-refractivity contribution in [1.29, 1.82) is 0 Å². The summed E-state index contributed by atoms with van der Waals surface area (Å²) in [7, 11) is 3.59. The van der Waals surface area contributed by atoms with E-state index in [0.717, 1.165) is 24.3 Å². The summed E-state index contributed by atoms with van der Waals surface area (Å²) < 4.78 is 5.35. The van der Waals surface area contributed by atoms with Crippen molar-refractivity contribution in [2.75, 3.05) is 19.5 Å². The zero-order valence-electron chi connectivity index (χ0n) is 15.1. The molecular weight excluding hydrogens is 294 g/mol. The highest BCUT2D eigenvalue weighted by Crippen LogP contribution is 2.28. The van der Waals surface area contributed by atoms with Gasteiger partial charge in [-0.1, -0.05) is 54.1 Å². The number of allylic oxidation sites excluding steroid dienone is 3. The molecule has 0 aliphatic carbocycles. The number of ether oxygens (including phenoxy) is 1. The van der Waals surface area contributed by atoms with Crippen LogP contribution in [0.5, 0.6) is 5.75 Å². The molecule has 0 radical (unpaired) electrons. The fraction of sp³-hybridized carbons (Fsp3) is 0.273. The maximum Gasteiger partial charge on any atom is 0.141 e. The van der Waals surface area contributed by atoms with Crippen LogP contribution < -0.4 is 10.1 Å². The molecule has 0 saturated heterocycles. The Balaban J connectivity index is 2.02. The maximum absolute atomic E-state index is 5.35. The van der Waals surface area contributed by atoms with Gasteiger partial charge in [-0.15, -0.1) is 0 Å². The number of nitrogens with one attached hydrogen (secondary N) is 1. The van der Waals surface area contributed by atoms with Crippen LogP contribution in [0.25, 0.3) is 5.57 Å². The summed E-state index contributed by atoms with van der Waals surface area (Å²) in [6.07, 6.45) is 4.06. The van der Waals surface area contributed by atoms with Gasteiger partial charge >= 0.3 is 0 Å². The number of aryl methyl sites for hydroxylation is 1. The molecule has 0 bridgehead atoms. The first-order valence-electron chi connectivity index (χ1n) is 8.28. The molecule has 0 aliphatic heterocycles. The minimum atomic E-state index is 0.859. The maximum atomic E-state index is 5.35. The molecule has 0 spiro atoms. The highest BCUT2D eigenvalue weighted by atomic mass is 16.5. The van der Waals surface area contributed by atoms with Crippen LogP contribution in [0.1, 0.15) is 30.0 Å². The Kier molecular flexibility index (Phi) is 6.25. The van der Waals surface area contributed by atoms with Gasteiger partial charge in [0.25, 0.3) is 0 Å². The van der Waals surface area contributed by atoms with Crippen molar-refractivity contribution >= 4 is 11.3 Å². The zero-order valence-corrected chi connectivity index (χ0v) is 15.1. The normalized spacial score (nSPS) is 11.2. The molecule has 0 heterocycles. The van der Waals surface area contributed by atoms with Crippen LogP contribution in [0.15, 0.2) is 60.7 Å². The lowest BCUT2D eigenvalue weighted by Gasteiger charge is -2.11. The van der Waals surface area contributed by atoms with Gasteiger partial charge in [-0.2, -0.15) is 0 Å². The molecule has 2 heteroatoms. The second kappa shape index (κ2) is 8.39. The van der Waals surface area contributed by atoms with Gasteiger partial charge in [0.1, 0.15) is 5.75 Å². The van der Waals surface area contributed by atoms with Crippen LogP contribution in [-0.2, 0) is 6.42 Å². The number of benzene rings is 2. The molecule has 0 saturated carbocycles. The average Bonchev–Trinajstić information content (AvgIpc) is 2.61. The minimum Gasteiger partial charge on any atom is -0.495 e. The van der Waals surface area contributed by atoms with E-state index in [1.165, 1.54) is 27.8 Å². The number of hydrogen-bond acceptors (Lipinski definition) is 2. The van der Waals surface area contributed by atoms with E-state index in [2.05, 4.69) is 68.2 Å². The third-order valence-corrected chi connectivity index (χ3v) is 4.20. The van der Waals surface area contributed by atoms with E-state index in [0.29, 0.717) is 0 Å². The number of anilines is 1. The highest BCUT2D eigenvalue weighted by molar-refractivity contribution is 5.70. The highest BCUT2D eigenvalue weighted by Gasteiger charge is 2.04. The molecule has 2 aromatic rings. The van der Waals surface area contributed by atoms with Gasteiger partial charge in [-0.25, -0.2) is 0 Å². The summed E-state index contributed by atoms with van der Waals surface area (Å²) in [6.45, 7) is 8.47. The van der Waals surface area contributed by atoms with Crippen LogP contribution >= 0.6 is 0 Å². The average molecular weight is 321 g/mol. The van der Waals surface area contributed by atoms with Gasteiger partial charge in [0.05, 0.1) is 12.8 Å². The summed E-state index contributed by atoms with van der Waals surface area (Å²) in [5.41, 5.74) is 7.28. The number of methoxy groups -OCH3 is 1. The molecule has 1 N–H and O–H groups in total. The third kappa shape index (κ3) is 4.76. The lowest BCUT2D eigenvalue weighted by molar-refractivity contribution is 0.416. The quantitative estimate of drug-likeness (QED) is 0.667. The first-order chi connectivity index (χ1) is 11.5. The Bertz CT molecular complexity index is 726. The molecule has 0 unspecified atom stereocenters. The molecule has 2 aromatic carbocycles. The molecule has 0 fully saturated rings. The molecule has 0 aliphatic rings. The summed E-state index contributed by atoms with van der Waals surface area (Å²) >= 11 is 0. The van der Waals surface area contributed by atoms with E-state index in [-0.39, 0.29) is 0 Å². The molecular formula is C22H27NO. The lowest BCUT2D eigenvalue weighted by Crippen LogP contribution is -1.95. The van der Waals surface area contributed by atoms with Gasteiger partial charge in [-0.3, -0.25) is 0 Å². The van der Waals surface area contributed by atoms with E-state index in [4.69, 9.17) is 4.74 Å². The smallest absolute Gasteiger partial charge is 0.141 e. The van der Waals surface area contributed by atoms with E-state index in [1.807, 2.05) is 13.1 Å². The number of hydrogen-bond donors (Lipinski definition) is 1. The van der Waals surface area contributed by atoms with E-state index < -0.39 is 0 Å². The standard InChI is InChI=1S/C22H27NO/c1-16-7-10-19(11-8-16)14-17(2)6-9-18(3)20-12-13-22(24-5)21(15-20)23-4/h7-13,15,23H,2,6,14H2,1,3-5H3/b18-9+. The molecule has 0 amide bonds.